The molecular formula is C32H39Cl2N3O5S. The summed E-state index contributed by atoms with van der Waals surface area (Å²) in [6.07, 6.45) is 0.310. The maximum atomic E-state index is 14.2. The van der Waals surface area contributed by atoms with Gasteiger partial charge in [-0.15, -0.1) is 0 Å². The molecule has 0 saturated carbocycles. The summed E-state index contributed by atoms with van der Waals surface area (Å²) < 4.78 is 34.6. The number of rotatable bonds is 14. The number of benzene rings is 3. The van der Waals surface area contributed by atoms with E-state index in [0.29, 0.717) is 40.9 Å². The van der Waals surface area contributed by atoms with Gasteiger partial charge in [-0.05, 0) is 80.3 Å². The number of nitrogens with zero attached hydrogens (tertiary/aromatic N) is 2. The molecule has 3 rings (SSSR count). The van der Waals surface area contributed by atoms with Crippen LogP contribution in [0, 0.1) is 12.8 Å². The molecule has 0 aliphatic heterocycles. The quantitative estimate of drug-likeness (QED) is 0.216. The molecule has 0 unspecified atom stereocenters. The summed E-state index contributed by atoms with van der Waals surface area (Å²) in [6.45, 7) is 9.83. The lowest BCUT2D eigenvalue weighted by atomic mass is 10.1. The highest BCUT2D eigenvalue weighted by molar-refractivity contribution is 7.92. The van der Waals surface area contributed by atoms with Gasteiger partial charge in [0.15, 0.2) is 0 Å². The molecule has 3 aromatic rings. The Balaban J connectivity index is 2.06. The van der Waals surface area contributed by atoms with Crippen molar-refractivity contribution >= 4 is 50.7 Å². The molecule has 0 spiro atoms. The van der Waals surface area contributed by atoms with E-state index in [-0.39, 0.29) is 29.0 Å². The number of halogens is 2. The molecule has 0 heterocycles. The Bertz CT molecular complexity index is 1500. The normalized spacial score (nSPS) is 12.1. The van der Waals surface area contributed by atoms with Crippen molar-refractivity contribution in [3.8, 4) is 5.75 Å². The van der Waals surface area contributed by atoms with E-state index in [4.69, 9.17) is 27.9 Å². The third-order valence-electron chi connectivity index (χ3n) is 6.73. The Morgan fingerprint density at radius 3 is 2.14 bits per heavy atom. The molecular weight excluding hydrogens is 609 g/mol. The number of carbonyl (C=O) groups excluding carboxylic acids is 2. The Morgan fingerprint density at radius 1 is 0.930 bits per heavy atom. The summed E-state index contributed by atoms with van der Waals surface area (Å²) in [5, 5.41) is 3.58. The average Bonchev–Trinajstić information content (AvgIpc) is 2.97. The van der Waals surface area contributed by atoms with Crippen molar-refractivity contribution in [2.75, 3.05) is 24.0 Å². The first kappa shape index (κ1) is 34.2. The number of aryl methyl sites for hydroxylation is 1. The van der Waals surface area contributed by atoms with Gasteiger partial charge in [-0.3, -0.25) is 13.9 Å². The molecule has 0 bridgehead atoms. The van der Waals surface area contributed by atoms with Crippen molar-refractivity contribution in [2.45, 2.75) is 58.5 Å². The zero-order valence-electron chi connectivity index (χ0n) is 25.1. The summed E-state index contributed by atoms with van der Waals surface area (Å²) >= 11 is 12.4. The maximum Gasteiger partial charge on any atom is 0.264 e. The van der Waals surface area contributed by atoms with Crippen LogP contribution >= 0.6 is 23.2 Å². The summed E-state index contributed by atoms with van der Waals surface area (Å²) in [6, 6.07) is 17.1. The second kappa shape index (κ2) is 15.5. The molecule has 0 saturated heterocycles. The third kappa shape index (κ3) is 9.11. The lowest BCUT2D eigenvalue weighted by Gasteiger charge is -2.33. The number of carbonyl (C=O) groups is 2. The topological polar surface area (TPSA) is 96.0 Å². The van der Waals surface area contributed by atoms with Crippen molar-refractivity contribution in [2.24, 2.45) is 5.92 Å². The summed E-state index contributed by atoms with van der Waals surface area (Å²) in [5.74, 6) is -0.101. The second-order valence-corrected chi connectivity index (χ2v) is 13.3. The number of sulfonamides is 1. The molecule has 0 aliphatic rings. The zero-order chi connectivity index (χ0) is 31.7. The number of amides is 2. The van der Waals surface area contributed by atoms with E-state index in [1.807, 2.05) is 34.6 Å². The van der Waals surface area contributed by atoms with E-state index in [9.17, 15) is 18.0 Å². The molecule has 1 atom stereocenters. The fourth-order valence-electron chi connectivity index (χ4n) is 4.42. The van der Waals surface area contributed by atoms with Gasteiger partial charge in [0.05, 0.1) is 27.2 Å². The van der Waals surface area contributed by atoms with Crippen molar-refractivity contribution in [3.63, 3.8) is 0 Å². The fourth-order valence-corrected chi connectivity index (χ4v) is 6.15. The molecule has 43 heavy (non-hydrogen) atoms. The first-order valence-electron chi connectivity index (χ1n) is 14.2. The number of hydrogen-bond donors (Lipinski definition) is 1. The molecule has 0 fully saturated rings. The van der Waals surface area contributed by atoms with Crippen LogP contribution in [0.2, 0.25) is 10.0 Å². The lowest BCUT2D eigenvalue weighted by Crippen LogP contribution is -2.52. The van der Waals surface area contributed by atoms with Crippen LogP contribution in [0.3, 0.4) is 0 Å². The Hall–Kier alpha value is -3.27. The van der Waals surface area contributed by atoms with Crippen molar-refractivity contribution in [1.29, 1.82) is 0 Å². The zero-order valence-corrected chi connectivity index (χ0v) is 27.5. The minimum Gasteiger partial charge on any atom is -0.494 e. The molecule has 232 valence electrons. The van der Waals surface area contributed by atoms with Gasteiger partial charge in [-0.25, -0.2) is 8.42 Å². The average molecular weight is 649 g/mol. The molecule has 1 N–H and O–H groups in total. The predicted molar refractivity (Wildman–Crippen MR) is 172 cm³/mol. The SMILES string of the molecule is CCOc1ccc(N(CC(=O)N(Cc2ccc(Cl)c(Cl)c2)[C@@H](CC)C(=O)NCC(C)C)S(=O)(=O)c2ccc(C)cc2)cc1. The standard InChI is InChI=1S/C32H39Cl2N3O5S/c1-6-30(32(39)35-19-22(3)4)36(20-24-10-17-28(33)29(34)18-24)31(38)21-37(25-11-13-26(14-12-25)42-7-2)43(40,41)27-15-8-23(5)9-16-27/h8-18,22,30H,6-7,19-21H2,1-5H3,(H,35,39)/t30-/m0/s1. The van der Waals surface area contributed by atoms with E-state index in [1.165, 1.54) is 17.0 Å². The maximum absolute atomic E-state index is 14.2. The highest BCUT2D eigenvalue weighted by Gasteiger charge is 2.33. The first-order chi connectivity index (χ1) is 20.4. The number of nitrogens with one attached hydrogen (secondary N) is 1. The van der Waals surface area contributed by atoms with Crippen LogP contribution in [-0.2, 0) is 26.2 Å². The van der Waals surface area contributed by atoms with Crippen LogP contribution in [0.1, 0.15) is 45.2 Å². The van der Waals surface area contributed by atoms with Crippen LogP contribution in [0.4, 0.5) is 5.69 Å². The molecule has 0 aliphatic carbocycles. The van der Waals surface area contributed by atoms with E-state index in [2.05, 4.69) is 5.32 Å². The highest BCUT2D eigenvalue weighted by atomic mass is 35.5. The minimum absolute atomic E-state index is 0.0189. The smallest absolute Gasteiger partial charge is 0.264 e. The second-order valence-electron chi connectivity index (χ2n) is 10.6. The van der Waals surface area contributed by atoms with E-state index >= 15 is 0 Å². The Morgan fingerprint density at radius 2 is 1.58 bits per heavy atom. The van der Waals surface area contributed by atoms with E-state index in [1.54, 1.807) is 54.6 Å². The van der Waals surface area contributed by atoms with Gasteiger partial charge in [0.2, 0.25) is 11.8 Å². The summed E-state index contributed by atoms with van der Waals surface area (Å²) in [5.41, 5.74) is 1.82. The van der Waals surface area contributed by atoms with Crippen LogP contribution in [0.15, 0.2) is 71.6 Å². The third-order valence-corrected chi connectivity index (χ3v) is 9.26. The Kier molecular flexibility index (Phi) is 12.3. The molecule has 11 heteroatoms. The Labute approximate surface area is 265 Å². The number of ether oxygens (including phenoxy) is 1. The van der Waals surface area contributed by atoms with Crippen molar-refractivity contribution < 1.29 is 22.7 Å². The lowest BCUT2D eigenvalue weighted by molar-refractivity contribution is -0.140. The molecule has 0 aromatic heterocycles. The number of anilines is 1. The van der Waals surface area contributed by atoms with Gasteiger partial charge < -0.3 is 15.0 Å². The van der Waals surface area contributed by atoms with Crippen LogP contribution in [0.25, 0.3) is 0 Å². The monoisotopic (exact) mass is 647 g/mol. The van der Waals surface area contributed by atoms with Gasteiger partial charge >= 0.3 is 0 Å². The van der Waals surface area contributed by atoms with E-state index < -0.39 is 28.5 Å². The highest BCUT2D eigenvalue weighted by Crippen LogP contribution is 2.28. The van der Waals surface area contributed by atoms with Crippen molar-refractivity contribution in [3.05, 3.63) is 87.9 Å². The van der Waals surface area contributed by atoms with Crippen LogP contribution < -0.4 is 14.4 Å². The fraction of sp³-hybridized carbons (Fsp3) is 0.375. The van der Waals surface area contributed by atoms with Gasteiger partial charge in [-0.2, -0.15) is 0 Å². The largest absolute Gasteiger partial charge is 0.494 e. The number of hydrogen-bond acceptors (Lipinski definition) is 5. The predicted octanol–water partition coefficient (Wildman–Crippen LogP) is 6.48. The van der Waals surface area contributed by atoms with E-state index in [0.717, 1.165) is 9.87 Å². The van der Waals surface area contributed by atoms with Crippen LogP contribution in [0.5, 0.6) is 5.75 Å². The molecule has 8 nitrogen and oxygen atoms in total. The van der Waals surface area contributed by atoms with Gasteiger partial charge in [0.1, 0.15) is 18.3 Å². The molecule has 2 amide bonds. The summed E-state index contributed by atoms with van der Waals surface area (Å²) in [4.78, 5) is 29.0. The molecule has 0 radical (unpaired) electrons. The van der Waals surface area contributed by atoms with Crippen molar-refractivity contribution in [1.82, 2.24) is 10.2 Å². The molecule has 3 aromatic carbocycles. The van der Waals surface area contributed by atoms with Gasteiger partial charge in [0, 0.05) is 13.1 Å². The van der Waals surface area contributed by atoms with Gasteiger partial charge in [0.25, 0.3) is 10.0 Å². The first-order valence-corrected chi connectivity index (χ1v) is 16.4. The summed E-state index contributed by atoms with van der Waals surface area (Å²) in [7, 11) is -4.18. The minimum atomic E-state index is -4.18. The van der Waals surface area contributed by atoms with Gasteiger partial charge in [-0.1, -0.05) is 67.7 Å². The van der Waals surface area contributed by atoms with Crippen LogP contribution in [-0.4, -0.2) is 50.9 Å².